The van der Waals surface area contributed by atoms with Gasteiger partial charge in [-0.3, -0.25) is 0 Å². The van der Waals surface area contributed by atoms with Gasteiger partial charge in [0.1, 0.15) is 0 Å². The molecular weight excluding hydrogens is 302 g/mol. The highest BCUT2D eigenvalue weighted by Crippen LogP contribution is 2.32. The zero-order chi connectivity index (χ0) is 16.3. The molecule has 0 aliphatic heterocycles. The van der Waals surface area contributed by atoms with E-state index in [2.05, 4.69) is 51.1 Å². The molecule has 0 spiro atoms. The molecule has 134 valence electrons. The van der Waals surface area contributed by atoms with E-state index in [1.165, 1.54) is 63.4 Å². The molecule has 0 saturated carbocycles. The Bertz CT molecular complexity index is 375. The number of benzene rings is 1. The molecule has 23 heavy (non-hydrogen) atoms. The van der Waals surface area contributed by atoms with Crippen molar-refractivity contribution in [2.75, 3.05) is 0 Å². The van der Waals surface area contributed by atoms with Crippen LogP contribution in [0.25, 0.3) is 0 Å². The number of halogens is 1. The van der Waals surface area contributed by atoms with Crippen LogP contribution in [0.5, 0.6) is 0 Å². The van der Waals surface area contributed by atoms with Gasteiger partial charge in [0.25, 0.3) is 0 Å². The second-order valence-electron chi connectivity index (χ2n) is 7.11. The maximum absolute atomic E-state index is 6.82. The molecule has 0 saturated heterocycles. The Hall–Kier alpha value is -0.530. The first-order valence-corrected chi connectivity index (χ1v) is 9.67. The minimum atomic E-state index is -0.123. The monoisotopic (exact) mass is 339 g/mol. The predicted octanol–water partition coefficient (Wildman–Crippen LogP) is 7.56. The van der Waals surface area contributed by atoms with Gasteiger partial charge in [-0.15, -0.1) is 11.6 Å². The van der Waals surface area contributed by atoms with Gasteiger partial charge >= 0.3 is 0 Å². The molecule has 1 nitrogen and oxygen atoms in total. The average Bonchev–Trinajstić information content (AvgIpc) is 2.50. The van der Waals surface area contributed by atoms with Crippen molar-refractivity contribution in [1.82, 2.24) is 6.15 Å². The van der Waals surface area contributed by atoms with E-state index in [9.17, 15) is 0 Å². The maximum Gasteiger partial charge on any atom is 0.0484 e. The summed E-state index contributed by atoms with van der Waals surface area (Å²) in [7, 11) is 0. The Morgan fingerprint density at radius 1 is 0.913 bits per heavy atom. The molecule has 0 amide bonds. The lowest BCUT2D eigenvalue weighted by Crippen LogP contribution is -2.29. The summed E-state index contributed by atoms with van der Waals surface area (Å²) in [6.45, 7) is 6.80. The van der Waals surface area contributed by atoms with Crippen LogP contribution in [-0.2, 0) is 6.42 Å². The third kappa shape index (κ3) is 10.0. The summed E-state index contributed by atoms with van der Waals surface area (Å²) >= 11 is 6.82. The van der Waals surface area contributed by atoms with Gasteiger partial charge < -0.3 is 6.15 Å². The Morgan fingerprint density at radius 2 is 1.43 bits per heavy atom. The summed E-state index contributed by atoms with van der Waals surface area (Å²) in [4.78, 5) is -0.123. The summed E-state index contributed by atoms with van der Waals surface area (Å²) in [6, 6.07) is 10.6. The molecule has 2 unspecified atom stereocenters. The Balaban J connectivity index is 0.00000484. The largest absolute Gasteiger partial charge is 0.344 e. The molecular formula is C21H38ClN. The van der Waals surface area contributed by atoms with Crippen molar-refractivity contribution in [1.29, 1.82) is 0 Å². The molecule has 0 aromatic heterocycles. The van der Waals surface area contributed by atoms with Gasteiger partial charge in [-0.05, 0) is 31.2 Å². The summed E-state index contributed by atoms with van der Waals surface area (Å²) in [5.41, 5.74) is 1.35. The number of hydrogen-bond acceptors (Lipinski definition) is 1. The quantitative estimate of drug-likeness (QED) is 0.309. The third-order valence-corrected chi connectivity index (χ3v) is 5.42. The number of alkyl halides is 1. The van der Waals surface area contributed by atoms with Gasteiger partial charge in [0.2, 0.25) is 0 Å². The fourth-order valence-corrected chi connectivity index (χ4v) is 3.32. The van der Waals surface area contributed by atoms with Crippen LogP contribution in [0.2, 0.25) is 0 Å². The van der Waals surface area contributed by atoms with E-state index < -0.39 is 0 Å². The van der Waals surface area contributed by atoms with E-state index in [1.807, 2.05) is 0 Å². The van der Waals surface area contributed by atoms with E-state index in [-0.39, 0.29) is 11.0 Å². The summed E-state index contributed by atoms with van der Waals surface area (Å²) in [5.74, 6) is 0.564. The van der Waals surface area contributed by atoms with Crippen LogP contribution in [-0.4, -0.2) is 4.87 Å². The van der Waals surface area contributed by atoms with Crippen molar-refractivity contribution in [3.63, 3.8) is 0 Å². The molecule has 1 aromatic carbocycles. The van der Waals surface area contributed by atoms with Crippen molar-refractivity contribution in [2.24, 2.45) is 5.92 Å². The van der Waals surface area contributed by atoms with Gasteiger partial charge in [0.15, 0.2) is 0 Å². The molecule has 0 fully saturated rings. The van der Waals surface area contributed by atoms with Gasteiger partial charge in [0.05, 0.1) is 0 Å². The molecule has 0 aliphatic rings. The van der Waals surface area contributed by atoms with Crippen molar-refractivity contribution >= 4 is 11.6 Å². The predicted molar refractivity (Wildman–Crippen MR) is 106 cm³/mol. The average molecular weight is 340 g/mol. The molecule has 0 aliphatic carbocycles. The van der Waals surface area contributed by atoms with Crippen molar-refractivity contribution in [3.8, 4) is 0 Å². The lowest BCUT2D eigenvalue weighted by atomic mass is 9.85. The first-order chi connectivity index (χ1) is 10.6. The molecule has 3 N–H and O–H groups in total. The molecule has 2 heteroatoms. The number of rotatable bonds is 12. The standard InChI is InChI=1S/C21H35Cl.H3N/c1-4-5-6-7-8-9-10-12-15-19(2)21(3,22)18-20-16-13-11-14-17-20;/h11,13-14,16-17,19H,4-10,12,15,18H2,1-3H3;1H3. The van der Waals surface area contributed by atoms with Crippen LogP contribution >= 0.6 is 11.6 Å². The number of hydrogen-bond donors (Lipinski definition) is 1. The van der Waals surface area contributed by atoms with E-state index in [0.29, 0.717) is 5.92 Å². The second kappa shape index (κ2) is 12.8. The van der Waals surface area contributed by atoms with Crippen LogP contribution < -0.4 is 6.15 Å². The van der Waals surface area contributed by atoms with Crippen molar-refractivity contribution < 1.29 is 0 Å². The first kappa shape index (κ1) is 22.5. The van der Waals surface area contributed by atoms with Gasteiger partial charge in [-0.1, -0.05) is 95.5 Å². The van der Waals surface area contributed by atoms with Crippen molar-refractivity contribution in [2.45, 2.75) is 89.9 Å². The van der Waals surface area contributed by atoms with Gasteiger partial charge in [-0.2, -0.15) is 0 Å². The maximum atomic E-state index is 6.82. The molecule has 0 radical (unpaired) electrons. The minimum Gasteiger partial charge on any atom is -0.344 e. The first-order valence-electron chi connectivity index (χ1n) is 9.29. The fourth-order valence-electron chi connectivity index (χ4n) is 3.05. The highest BCUT2D eigenvalue weighted by molar-refractivity contribution is 6.24. The molecule has 0 heterocycles. The summed E-state index contributed by atoms with van der Waals surface area (Å²) in [6.07, 6.45) is 13.3. The normalized spacial score (nSPS) is 14.8. The van der Waals surface area contributed by atoms with Crippen LogP contribution in [0.3, 0.4) is 0 Å². The van der Waals surface area contributed by atoms with Crippen LogP contribution in [0, 0.1) is 5.92 Å². The minimum absolute atomic E-state index is 0. The molecule has 1 aromatic rings. The SMILES string of the molecule is CCCCCCCCCCC(C)C(C)(Cl)Cc1ccccc1.N. The van der Waals surface area contributed by atoms with Crippen molar-refractivity contribution in [3.05, 3.63) is 35.9 Å². The molecule has 2 atom stereocenters. The van der Waals surface area contributed by atoms with Gasteiger partial charge in [0, 0.05) is 4.87 Å². The summed E-state index contributed by atoms with van der Waals surface area (Å²) < 4.78 is 0. The zero-order valence-electron chi connectivity index (χ0n) is 15.6. The van der Waals surface area contributed by atoms with Crippen LogP contribution in [0.15, 0.2) is 30.3 Å². The fraction of sp³-hybridized carbons (Fsp3) is 0.714. The van der Waals surface area contributed by atoms with E-state index in [0.717, 1.165) is 6.42 Å². The third-order valence-electron chi connectivity index (χ3n) is 4.91. The highest BCUT2D eigenvalue weighted by Gasteiger charge is 2.28. The second-order valence-corrected chi connectivity index (χ2v) is 7.97. The highest BCUT2D eigenvalue weighted by atomic mass is 35.5. The van der Waals surface area contributed by atoms with Crippen LogP contribution in [0.1, 0.15) is 84.1 Å². The summed E-state index contributed by atoms with van der Waals surface area (Å²) in [5, 5.41) is 0. The van der Waals surface area contributed by atoms with E-state index in [4.69, 9.17) is 11.6 Å². The Kier molecular flexibility index (Phi) is 12.5. The van der Waals surface area contributed by atoms with E-state index in [1.54, 1.807) is 0 Å². The topological polar surface area (TPSA) is 35.0 Å². The smallest absolute Gasteiger partial charge is 0.0484 e. The van der Waals surface area contributed by atoms with Crippen LogP contribution in [0.4, 0.5) is 0 Å². The Labute approximate surface area is 149 Å². The number of unbranched alkanes of at least 4 members (excludes halogenated alkanes) is 7. The lowest BCUT2D eigenvalue weighted by Gasteiger charge is -2.29. The Morgan fingerprint density at radius 3 is 2.00 bits per heavy atom. The molecule has 1 rings (SSSR count). The van der Waals surface area contributed by atoms with Gasteiger partial charge in [-0.25, -0.2) is 0 Å². The van der Waals surface area contributed by atoms with E-state index >= 15 is 0 Å². The lowest BCUT2D eigenvalue weighted by molar-refractivity contribution is 0.376. The zero-order valence-corrected chi connectivity index (χ0v) is 16.4. The molecule has 0 bridgehead atoms.